The number of rotatable bonds is 7. The number of carbonyl (C=O) groups excluding carboxylic acids is 1. The first kappa shape index (κ1) is 25.7. The Bertz CT molecular complexity index is 1160. The lowest BCUT2D eigenvalue weighted by Crippen LogP contribution is -2.36. The molecule has 4 nitrogen and oxygen atoms in total. The van der Waals surface area contributed by atoms with E-state index in [-0.39, 0.29) is 13.2 Å². The van der Waals surface area contributed by atoms with Crippen LogP contribution in [0.5, 0.6) is 0 Å². The van der Waals surface area contributed by atoms with Crippen LogP contribution < -0.4 is 0 Å². The molecule has 0 amide bonds. The van der Waals surface area contributed by atoms with Crippen LogP contribution in [0.4, 0.5) is 13.2 Å². The van der Waals surface area contributed by atoms with E-state index >= 15 is 0 Å². The van der Waals surface area contributed by atoms with E-state index in [9.17, 15) is 18.0 Å². The summed E-state index contributed by atoms with van der Waals surface area (Å²) in [6, 6.07) is 13.9. The van der Waals surface area contributed by atoms with E-state index in [0.29, 0.717) is 27.5 Å². The molecular weight excluding hydrogens is 467 g/mol. The molecule has 180 valence electrons. The lowest BCUT2D eigenvalue weighted by atomic mass is 9.96. The van der Waals surface area contributed by atoms with E-state index < -0.39 is 23.3 Å². The summed E-state index contributed by atoms with van der Waals surface area (Å²) in [7, 11) is 0. The second-order valence-electron chi connectivity index (χ2n) is 8.23. The fraction of sp³-hybridized carbons (Fsp3) is 0.308. The highest BCUT2D eigenvalue weighted by Gasteiger charge is 2.31. The molecule has 0 aliphatic rings. The molecule has 0 spiro atoms. The lowest BCUT2D eigenvalue weighted by molar-refractivity contribution is -0.169. The van der Waals surface area contributed by atoms with Crippen LogP contribution in [-0.2, 0) is 27.1 Å². The molecule has 1 heterocycles. The number of halogens is 4. The van der Waals surface area contributed by atoms with Gasteiger partial charge in [0.2, 0.25) is 0 Å². The molecule has 0 aliphatic heterocycles. The Labute approximate surface area is 201 Å². The lowest BCUT2D eigenvalue weighted by Gasteiger charge is -2.24. The van der Waals surface area contributed by atoms with Gasteiger partial charge in [-0.1, -0.05) is 35.9 Å². The zero-order valence-corrected chi connectivity index (χ0v) is 20.1. The number of benzene rings is 2. The van der Waals surface area contributed by atoms with Gasteiger partial charge in [0.05, 0.1) is 24.5 Å². The summed E-state index contributed by atoms with van der Waals surface area (Å²) >= 11 is 6.04. The number of hydrogen-bond acceptors (Lipinski definition) is 4. The molecule has 0 atom stereocenters. The largest absolute Gasteiger partial charge is 0.464 e. The molecule has 0 unspecified atom stereocenters. The van der Waals surface area contributed by atoms with Crippen LogP contribution in [0.25, 0.3) is 22.4 Å². The van der Waals surface area contributed by atoms with Crippen molar-refractivity contribution in [2.45, 2.75) is 46.1 Å². The Balaban J connectivity index is 2.04. The molecule has 1 aromatic heterocycles. The number of ether oxygens (including phenoxy) is 2. The molecule has 3 aromatic rings. The number of aromatic nitrogens is 1. The highest BCUT2D eigenvalue weighted by molar-refractivity contribution is 6.30. The van der Waals surface area contributed by atoms with Crippen LogP contribution in [0.3, 0.4) is 0 Å². The van der Waals surface area contributed by atoms with Crippen molar-refractivity contribution >= 4 is 17.6 Å². The quantitative estimate of drug-likeness (QED) is 0.326. The molecule has 0 radical (unpaired) electrons. The molecular formula is C26H25ClF3NO3. The summed E-state index contributed by atoms with van der Waals surface area (Å²) in [6.45, 7) is 7.11. The smallest absolute Gasteiger partial charge is 0.416 e. The third kappa shape index (κ3) is 5.96. The standard InChI is InChI=1S/C26H25ClF3NO3/c1-5-33-24(32)25(3,4)34-15-19-14-22(17-8-12-21(27)13-9-17)23(31-16(19)2)18-6-10-20(11-7-18)26(28,29)30/h6-14H,5,15H2,1-4H3. The molecule has 34 heavy (non-hydrogen) atoms. The maximum Gasteiger partial charge on any atom is 0.416 e. The zero-order valence-electron chi connectivity index (χ0n) is 19.3. The first-order valence-corrected chi connectivity index (χ1v) is 11.1. The van der Waals surface area contributed by atoms with E-state index in [4.69, 9.17) is 26.1 Å². The van der Waals surface area contributed by atoms with Crippen LogP contribution in [0.2, 0.25) is 5.02 Å². The summed E-state index contributed by atoms with van der Waals surface area (Å²) in [5.41, 5.74) is 2.04. The Kier molecular flexibility index (Phi) is 7.68. The molecule has 0 saturated carbocycles. The Morgan fingerprint density at radius 3 is 2.15 bits per heavy atom. The van der Waals surface area contributed by atoms with Crippen LogP contribution in [0, 0.1) is 6.92 Å². The van der Waals surface area contributed by atoms with Gasteiger partial charge in [0, 0.05) is 21.8 Å². The second kappa shape index (κ2) is 10.2. The van der Waals surface area contributed by atoms with Crippen molar-refractivity contribution in [3.63, 3.8) is 0 Å². The molecule has 0 saturated heterocycles. The van der Waals surface area contributed by atoms with Crippen LogP contribution in [0.15, 0.2) is 54.6 Å². The number of esters is 1. The molecule has 3 rings (SSSR count). The van der Waals surface area contributed by atoms with Crippen molar-refractivity contribution < 1.29 is 27.4 Å². The van der Waals surface area contributed by atoms with Crippen molar-refractivity contribution in [1.82, 2.24) is 4.98 Å². The summed E-state index contributed by atoms with van der Waals surface area (Å²) in [4.78, 5) is 16.9. The van der Waals surface area contributed by atoms with Gasteiger partial charge in [0.15, 0.2) is 5.60 Å². The van der Waals surface area contributed by atoms with Gasteiger partial charge < -0.3 is 9.47 Å². The SMILES string of the molecule is CCOC(=O)C(C)(C)OCc1cc(-c2ccc(Cl)cc2)c(-c2ccc(C(F)(F)F)cc2)nc1C. The topological polar surface area (TPSA) is 48.4 Å². The Morgan fingerprint density at radius 2 is 1.59 bits per heavy atom. The van der Waals surface area contributed by atoms with Crippen LogP contribution >= 0.6 is 11.6 Å². The average Bonchev–Trinajstić information content (AvgIpc) is 2.78. The van der Waals surface area contributed by atoms with Gasteiger partial charge in [0.25, 0.3) is 0 Å². The summed E-state index contributed by atoms with van der Waals surface area (Å²) in [6.07, 6.45) is -4.42. The highest BCUT2D eigenvalue weighted by atomic mass is 35.5. The summed E-state index contributed by atoms with van der Waals surface area (Å²) in [5, 5.41) is 0.555. The van der Waals surface area contributed by atoms with Gasteiger partial charge in [-0.2, -0.15) is 13.2 Å². The number of hydrogen-bond donors (Lipinski definition) is 0. The number of nitrogens with zero attached hydrogens (tertiary/aromatic N) is 1. The van der Waals surface area contributed by atoms with Crippen molar-refractivity contribution in [2.75, 3.05) is 6.61 Å². The fourth-order valence-corrected chi connectivity index (χ4v) is 3.43. The first-order valence-electron chi connectivity index (χ1n) is 10.7. The maximum absolute atomic E-state index is 13.0. The molecule has 8 heteroatoms. The van der Waals surface area contributed by atoms with Crippen LogP contribution in [0.1, 0.15) is 37.6 Å². The first-order chi connectivity index (χ1) is 15.9. The third-order valence-corrected chi connectivity index (χ3v) is 5.57. The van der Waals surface area contributed by atoms with E-state index in [1.807, 2.05) is 18.2 Å². The minimum Gasteiger partial charge on any atom is -0.464 e. The van der Waals surface area contributed by atoms with E-state index in [1.165, 1.54) is 12.1 Å². The summed E-state index contributed by atoms with van der Waals surface area (Å²) < 4.78 is 50.0. The number of carbonyl (C=O) groups is 1. The van der Waals surface area contributed by atoms with Crippen molar-refractivity contribution in [2.24, 2.45) is 0 Å². The fourth-order valence-electron chi connectivity index (χ4n) is 3.30. The highest BCUT2D eigenvalue weighted by Crippen LogP contribution is 2.36. The van der Waals surface area contributed by atoms with Crippen molar-refractivity contribution in [3.05, 3.63) is 76.4 Å². The summed E-state index contributed by atoms with van der Waals surface area (Å²) in [5.74, 6) is -0.472. The zero-order chi connectivity index (χ0) is 25.1. The predicted molar refractivity (Wildman–Crippen MR) is 125 cm³/mol. The molecule has 0 aliphatic carbocycles. The van der Waals surface area contributed by atoms with Crippen molar-refractivity contribution in [1.29, 1.82) is 0 Å². The number of alkyl halides is 3. The van der Waals surface area contributed by atoms with E-state index in [2.05, 4.69) is 0 Å². The van der Waals surface area contributed by atoms with Gasteiger partial charge in [-0.3, -0.25) is 4.98 Å². The van der Waals surface area contributed by atoms with Crippen LogP contribution in [-0.4, -0.2) is 23.2 Å². The van der Waals surface area contributed by atoms with Gasteiger partial charge >= 0.3 is 12.1 Å². The molecule has 0 N–H and O–H groups in total. The van der Waals surface area contributed by atoms with E-state index in [0.717, 1.165) is 23.3 Å². The monoisotopic (exact) mass is 491 g/mol. The van der Waals surface area contributed by atoms with Gasteiger partial charge in [-0.25, -0.2) is 4.79 Å². The van der Waals surface area contributed by atoms with E-state index in [1.54, 1.807) is 39.8 Å². The minimum absolute atomic E-state index is 0.0958. The second-order valence-corrected chi connectivity index (χ2v) is 8.67. The van der Waals surface area contributed by atoms with Crippen molar-refractivity contribution in [3.8, 4) is 22.4 Å². The molecule has 0 fully saturated rings. The Morgan fingerprint density at radius 1 is 1.00 bits per heavy atom. The predicted octanol–water partition coefficient (Wildman–Crippen LogP) is 7.25. The minimum atomic E-state index is -4.42. The number of aryl methyl sites for hydroxylation is 1. The van der Waals surface area contributed by atoms with Gasteiger partial charge in [-0.15, -0.1) is 0 Å². The Hall–Kier alpha value is -2.90. The van der Waals surface area contributed by atoms with Gasteiger partial charge in [-0.05, 0) is 69.2 Å². The third-order valence-electron chi connectivity index (χ3n) is 5.31. The maximum atomic E-state index is 13.0. The number of pyridine rings is 1. The average molecular weight is 492 g/mol. The van der Waals surface area contributed by atoms with Gasteiger partial charge in [0.1, 0.15) is 0 Å². The normalized spacial score (nSPS) is 12.0. The molecule has 0 bridgehead atoms. The molecule has 2 aromatic carbocycles.